The zero-order valence-electron chi connectivity index (χ0n) is 17.1. The van der Waals surface area contributed by atoms with E-state index in [1.807, 2.05) is 35.1 Å². The molecule has 1 aromatic carbocycles. The number of hydrogen-bond acceptors (Lipinski definition) is 4. The molecule has 1 aliphatic rings. The largest absolute Gasteiger partial charge is 1.00 e. The normalized spacial score (nSPS) is 15.8. The first kappa shape index (κ1) is 21.8. The third-order valence-corrected chi connectivity index (χ3v) is 5.84. The molecule has 3 heterocycles. The summed E-state index contributed by atoms with van der Waals surface area (Å²) in [6.07, 6.45) is 5.93. The van der Waals surface area contributed by atoms with Gasteiger partial charge in [-0.1, -0.05) is 17.3 Å². The van der Waals surface area contributed by atoms with Crippen molar-refractivity contribution >= 4 is 10.9 Å². The molecule has 0 N–H and O–H groups in total. The van der Waals surface area contributed by atoms with E-state index in [4.69, 9.17) is 4.74 Å². The third kappa shape index (κ3) is 4.98. The Kier molecular flexibility index (Phi) is 6.94. The molecule has 0 aliphatic carbocycles. The Balaban J connectivity index is 0.00000240. The first-order valence-corrected chi connectivity index (χ1v) is 9.98. The summed E-state index contributed by atoms with van der Waals surface area (Å²) in [5.41, 5.74) is 1.54. The van der Waals surface area contributed by atoms with Crippen LogP contribution in [0.1, 0.15) is 25.0 Å². The van der Waals surface area contributed by atoms with Crippen LogP contribution in [-0.2, 0) is 20.2 Å². The highest BCUT2D eigenvalue weighted by atomic mass is 127. The molecule has 3 aromatic rings. The van der Waals surface area contributed by atoms with Crippen LogP contribution in [0.15, 0.2) is 41.3 Å². The van der Waals surface area contributed by atoms with Gasteiger partial charge < -0.3 is 37.8 Å². The number of hydrogen-bond donors (Lipinski definition) is 0. The van der Waals surface area contributed by atoms with Crippen LogP contribution in [0.4, 0.5) is 0 Å². The summed E-state index contributed by atoms with van der Waals surface area (Å²) < 4.78 is 10.6. The molecule has 1 saturated heterocycles. The Morgan fingerprint density at radius 1 is 1.17 bits per heavy atom. The predicted molar refractivity (Wildman–Crippen MR) is 108 cm³/mol. The predicted octanol–water partition coefficient (Wildman–Crippen LogP) is -0.656. The number of fused-ring (bicyclic) bond motifs is 1. The van der Waals surface area contributed by atoms with Crippen LogP contribution in [0.5, 0.6) is 5.75 Å². The van der Waals surface area contributed by atoms with E-state index in [2.05, 4.69) is 17.4 Å². The van der Waals surface area contributed by atoms with Gasteiger partial charge in [0.1, 0.15) is 18.1 Å². The first-order valence-electron chi connectivity index (χ1n) is 9.98. The number of halogens is 1. The number of aromatic nitrogens is 4. The lowest BCUT2D eigenvalue weighted by atomic mass is 10.1. The van der Waals surface area contributed by atoms with Crippen molar-refractivity contribution in [2.75, 3.05) is 26.7 Å². The molecule has 0 unspecified atom stereocenters. The van der Waals surface area contributed by atoms with Gasteiger partial charge in [-0.25, -0.2) is 4.68 Å². The summed E-state index contributed by atoms with van der Waals surface area (Å²) >= 11 is 0. The van der Waals surface area contributed by atoms with Crippen molar-refractivity contribution in [1.82, 2.24) is 19.6 Å². The van der Waals surface area contributed by atoms with Gasteiger partial charge >= 0.3 is 0 Å². The molecule has 1 aliphatic heterocycles. The van der Waals surface area contributed by atoms with Crippen molar-refractivity contribution in [3.63, 3.8) is 0 Å². The monoisotopic (exact) mass is 509 g/mol. The molecule has 0 radical (unpaired) electrons. The van der Waals surface area contributed by atoms with Crippen molar-refractivity contribution in [3.8, 4) is 5.75 Å². The van der Waals surface area contributed by atoms with Crippen molar-refractivity contribution in [1.29, 1.82) is 0 Å². The number of piperidine rings is 1. The van der Waals surface area contributed by atoms with Crippen molar-refractivity contribution in [2.45, 2.75) is 32.4 Å². The highest BCUT2D eigenvalue weighted by Crippen LogP contribution is 2.23. The second kappa shape index (κ2) is 9.25. The molecule has 0 spiro atoms. The topological polar surface area (TPSA) is 61.9 Å². The Morgan fingerprint density at radius 3 is 2.72 bits per heavy atom. The Morgan fingerprint density at radius 2 is 1.93 bits per heavy atom. The van der Waals surface area contributed by atoms with E-state index in [-0.39, 0.29) is 29.5 Å². The summed E-state index contributed by atoms with van der Waals surface area (Å²) in [6, 6.07) is 9.28. The average Bonchev–Trinajstić information content (AvgIpc) is 3.17. The fourth-order valence-corrected chi connectivity index (χ4v) is 4.01. The standard InChI is InChI=1S/C21H28N5O2.HI/c1-24-19-9-5-4-8-18(19)20(14-21(24)27)28-16-17-15-25(23-22-17)10-13-26(2)11-6-3-7-12-26;/h4-5,8-9,14-15H,3,6-7,10-13,16H2,1-2H3;1H/q+1;/p-1. The highest BCUT2D eigenvalue weighted by Gasteiger charge is 2.24. The number of likely N-dealkylation sites (tertiary alicyclic amines) is 1. The summed E-state index contributed by atoms with van der Waals surface area (Å²) in [6.45, 7) is 4.73. The number of nitrogens with zero attached hydrogens (tertiary/aromatic N) is 5. The van der Waals surface area contributed by atoms with Gasteiger partial charge in [-0.2, -0.15) is 0 Å². The number of aryl methyl sites for hydroxylation is 1. The molecule has 156 valence electrons. The van der Waals surface area contributed by atoms with Crippen LogP contribution >= 0.6 is 0 Å². The van der Waals surface area contributed by atoms with Crippen LogP contribution in [-0.4, -0.2) is 50.7 Å². The number of quaternary nitrogens is 1. The molecule has 0 atom stereocenters. The minimum Gasteiger partial charge on any atom is -1.00 e. The number of rotatable bonds is 6. The number of benzene rings is 1. The molecule has 7 nitrogen and oxygen atoms in total. The molecule has 4 rings (SSSR count). The van der Waals surface area contributed by atoms with Gasteiger partial charge in [-0.05, 0) is 31.4 Å². The van der Waals surface area contributed by atoms with Gasteiger partial charge in [0.2, 0.25) is 0 Å². The minimum atomic E-state index is -0.0872. The number of likely N-dealkylation sites (N-methyl/N-ethyl adjacent to an activating group) is 1. The fraction of sp³-hybridized carbons (Fsp3) is 0.476. The van der Waals surface area contributed by atoms with Crippen LogP contribution < -0.4 is 34.3 Å². The van der Waals surface area contributed by atoms with E-state index in [0.29, 0.717) is 12.4 Å². The van der Waals surface area contributed by atoms with Gasteiger partial charge in [0, 0.05) is 18.5 Å². The van der Waals surface area contributed by atoms with E-state index in [1.54, 1.807) is 11.6 Å². The average molecular weight is 509 g/mol. The molecule has 8 heteroatoms. The maximum atomic E-state index is 12.2. The second-order valence-electron chi connectivity index (χ2n) is 8.04. The van der Waals surface area contributed by atoms with Crippen molar-refractivity contribution in [2.24, 2.45) is 7.05 Å². The quantitative estimate of drug-likeness (QED) is 0.327. The van der Waals surface area contributed by atoms with Gasteiger partial charge in [0.15, 0.2) is 0 Å². The van der Waals surface area contributed by atoms with Crippen LogP contribution in [0.3, 0.4) is 0 Å². The van der Waals surface area contributed by atoms with E-state index in [1.165, 1.54) is 38.4 Å². The molecule has 2 aromatic heterocycles. The molecule has 0 saturated carbocycles. The van der Waals surface area contributed by atoms with E-state index in [9.17, 15) is 4.79 Å². The molecular weight excluding hydrogens is 481 g/mol. The zero-order valence-corrected chi connectivity index (χ0v) is 19.2. The van der Waals surface area contributed by atoms with Crippen LogP contribution in [0.25, 0.3) is 10.9 Å². The Labute approximate surface area is 187 Å². The van der Waals surface area contributed by atoms with Gasteiger partial charge in [0.05, 0.1) is 44.9 Å². The number of pyridine rings is 1. The number of para-hydroxylation sites is 1. The SMILES string of the molecule is Cn1c(=O)cc(OCc2cn(CC[N+]3(C)CCCCC3)nn2)c2ccccc21.[I-]. The second-order valence-corrected chi connectivity index (χ2v) is 8.04. The Bertz CT molecular complexity index is 1020. The molecule has 0 bridgehead atoms. The lowest BCUT2D eigenvalue weighted by Crippen LogP contribution is -3.00. The molecular formula is C21H28IN5O2. The lowest BCUT2D eigenvalue weighted by molar-refractivity contribution is -0.914. The fourth-order valence-electron chi connectivity index (χ4n) is 4.01. The molecule has 1 fully saturated rings. The maximum Gasteiger partial charge on any atom is 0.254 e. The van der Waals surface area contributed by atoms with Gasteiger partial charge in [0.25, 0.3) is 5.56 Å². The van der Waals surface area contributed by atoms with Gasteiger partial charge in [-0.15, -0.1) is 5.10 Å². The first-order chi connectivity index (χ1) is 13.5. The smallest absolute Gasteiger partial charge is 0.254 e. The van der Waals surface area contributed by atoms with Crippen molar-refractivity contribution in [3.05, 3.63) is 52.6 Å². The van der Waals surface area contributed by atoms with Crippen LogP contribution in [0.2, 0.25) is 0 Å². The van der Waals surface area contributed by atoms with Crippen LogP contribution in [0, 0.1) is 0 Å². The maximum absolute atomic E-state index is 12.2. The van der Waals surface area contributed by atoms with E-state index < -0.39 is 0 Å². The summed E-state index contributed by atoms with van der Waals surface area (Å²) in [7, 11) is 4.10. The summed E-state index contributed by atoms with van der Waals surface area (Å²) in [5.74, 6) is 0.583. The third-order valence-electron chi connectivity index (χ3n) is 5.84. The van der Waals surface area contributed by atoms with Gasteiger partial charge in [-0.3, -0.25) is 4.79 Å². The van der Waals surface area contributed by atoms with E-state index >= 15 is 0 Å². The molecule has 0 amide bonds. The van der Waals surface area contributed by atoms with E-state index in [0.717, 1.165) is 34.2 Å². The number of ether oxygens (including phenoxy) is 1. The lowest BCUT2D eigenvalue weighted by Gasteiger charge is -2.37. The zero-order chi connectivity index (χ0) is 19.6. The minimum absolute atomic E-state index is 0. The van der Waals surface area contributed by atoms with Crippen molar-refractivity contribution < 1.29 is 33.2 Å². The summed E-state index contributed by atoms with van der Waals surface area (Å²) in [5, 5.41) is 9.40. The molecule has 29 heavy (non-hydrogen) atoms. The Hall–Kier alpha value is -1.94. The summed E-state index contributed by atoms with van der Waals surface area (Å²) in [4.78, 5) is 12.2. The highest BCUT2D eigenvalue weighted by molar-refractivity contribution is 5.85.